The Kier molecular flexibility index (Phi) is 14.6. The van der Waals surface area contributed by atoms with Gasteiger partial charge in [-0.2, -0.15) is 0 Å². The maximum absolute atomic E-state index is 14.5. The summed E-state index contributed by atoms with van der Waals surface area (Å²) in [5.74, 6) is -2.13. The molecular formula is C46H55FN2O8. The molecule has 6 atom stereocenters. The Hall–Kier alpha value is -4.97. The molecule has 3 N–H and O–H groups in total. The Labute approximate surface area is 334 Å². The average Bonchev–Trinajstić information content (AvgIpc) is 3.22. The van der Waals surface area contributed by atoms with Gasteiger partial charge in [0, 0.05) is 37.7 Å². The zero-order chi connectivity index (χ0) is 40.2. The van der Waals surface area contributed by atoms with Gasteiger partial charge >= 0.3 is 6.09 Å². The highest BCUT2D eigenvalue weighted by molar-refractivity contribution is 6.03. The molecule has 3 aromatic rings. The summed E-state index contributed by atoms with van der Waals surface area (Å²) >= 11 is 0. The number of nitrogens with zero attached hydrogens (tertiary/aromatic N) is 2. The zero-order valence-corrected chi connectivity index (χ0v) is 32.5. The predicted octanol–water partition coefficient (Wildman–Crippen LogP) is 8.58. The summed E-state index contributed by atoms with van der Waals surface area (Å²) < 4.78 is 34.2. The van der Waals surface area contributed by atoms with Crippen molar-refractivity contribution >= 4 is 11.8 Å². The number of hydrogen-bond acceptors (Lipinski definition) is 9. The number of phenols is 1. The molecule has 0 aromatic heterocycles. The smallest absolute Gasteiger partial charge is 0.410 e. The summed E-state index contributed by atoms with van der Waals surface area (Å²) in [7, 11) is 0. The minimum Gasteiger partial charge on any atom is -0.508 e. The molecule has 0 bridgehead atoms. The molecular weight excluding hydrogens is 728 g/mol. The summed E-state index contributed by atoms with van der Waals surface area (Å²) in [6.07, 6.45) is 9.96. The lowest BCUT2D eigenvalue weighted by Gasteiger charge is -2.59. The van der Waals surface area contributed by atoms with E-state index in [4.69, 9.17) is 24.2 Å². The second-order valence-electron chi connectivity index (χ2n) is 15.0. The number of aromatic hydroxyl groups is 1. The lowest BCUT2D eigenvalue weighted by Crippen LogP contribution is -2.70. The van der Waals surface area contributed by atoms with Crippen LogP contribution in [0.25, 0.3) is 0 Å². The first-order valence-electron chi connectivity index (χ1n) is 20.1. The van der Waals surface area contributed by atoms with Gasteiger partial charge in [-0.05, 0) is 91.0 Å². The topological polar surface area (TPSA) is 130 Å². The standard InChI is InChI=1S/C46H55FN2O8/c1-3-5-26-54-45(53)49(30-32-17-19-35(47)20-18-32)42-29-40(48-56-31-33-13-7-6-8-14-33)38-27-34(15-9-11-23-50)37(16-10-12-24-51)43-39-28-36(52)21-22-41(39)57-46(42,44(38)43)55-25-4-2/h3-4,6-8,13-14,17-22,27-28,34,37,42-44,50-52H,1-2,5,9-12,15-16,23-26,29-31H2. The molecule has 3 aromatic carbocycles. The fourth-order valence-electron chi connectivity index (χ4n) is 8.82. The van der Waals surface area contributed by atoms with Gasteiger partial charge in [0.25, 0.3) is 0 Å². The number of allylic oxidation sites excluding steroid dienone is 1. The van der Waals surface area contributed by atoms with Gasteiger partial charge in [-0.25, -0.2) is 9.18 Å². The van der Waals surface area contributed by atoms with Gasteiger partial charge in [-0.3, -0.25) is 4.90 Å². The van der Waals surface area contributed by atoms with E-state index in [1.54, 1.807) is 47.4 Å². The third-order valence-corrected chi connectivity index (χ3v) is 11.3. The van der Waals surface area contributed by atoms with E-state index >= 15 is 0 Å². The van der Waals surface area contributed by atoms with Crippen LogP contribution in [0.1, 0.15) is 74.0 Å². The molecule has 6 rings (SSSR count). The molecule has 1 aliphatic heterocycles. The quantitative estimate of drug-likeness (QED) is 0.0591. The van der Waals surface area contributed by atoms with Crippen molar-refractivity contribution in [3.63, 3.8) is 0 Å². The van der Waals surface area contributed by atoms with E-state index in [0.717, 1.165) is 42.4 Å². The molecule has 0 radical (unpaired) electrons. The zero-order valence-electron chi connectivity index (χ0n) is 32.5. The minimum absolute atomic E-state index is 0.00419. The van der Waals surface area contributed by atoms with Crippen LogP contribution in [-0.2, 0) is 27.5 Å². The van der Waals surface area contributed by atoms with Crippen LogP contribution >= 0.6 is 0 Å². The molecule has 57 heavy (non-hydrogen) atoms. The number of carbonyl (C=O) groups is 1. The normalized spacial score (nSPS) is 24.0. The highest BCUT2D eigenvalue weighted by Gasteiger charge is 2.65. The monoisotopic (exact) mass is 782 g/mol. The van der Waals surface area contributed by atoms with Crippen molar-refractivity contribution in [1.29, 1.82) is 0 Å². The lowest BCUT2D eigenvalue weighted by molar-refractivity contribution is -0.256. The Morgan fingerprint density at radius 2 is 1.72 bits per heavy atom. The fourth-order valence-corrected chi connectivity index (χ4v) is 8.82. The first-order chi connectivity index (χ1) is 27.8. The molecule has 0 saturated heterocycles. The maximum atomic E-state index is 14.5. The summed E-state index contributed by atoms with van der Waals surface area (Å²) in [6, 6.07) is 20.0. The van der Waals surface area contributed by atoms with E-state index in [1.165, 1.54) is 12.1 Å². The second-order valence-corrected chi connectivity index (χ2v) is 15.0. The number of fused-ring (bicyclic) bond motifs is 2. The van der Waals surface area contributed by atoms with Crippen LogP contribution in [0.2, 0.25) is 0 Å². The van der Waals surface area contributed by atoms with E-state index in [9.17, 15) is 24.5 Å². The Bertz CT molecular complexity index is 1870. The van der Waals surface area contributed by atoms with Crippen molar-refractivity contribution in [3.05, 3.63) is 132 Å². The molecule has 10 nitrogen and oxygen atoms in total. The average molecular weight is 783 g/mol. The van der Waals surface area contributed by atoms with Crippen molar-refractivity contribution in [1.82, 2.24) is 4.90 Å². The molecule has 304 valence electrons. The third kappa shape index (κ3) is 9.60. The first-order valence-corrected chi connectivity index (χ1v) is 20.1. The SMILES string of the molecule is C=CCCOC(=O)N(Cc1ccc(F)cc1)C1CC(=NOCc2ccccc2)C2=CC(CCCCO)C(CCCCO)C3c4cc(O)ccc4OC1(OCC=C)C23. The minimum atomic E-state index is -1.52. The van der Waals surface area contributed by atoms with Gasteiger partial charge in [0.15, 0.2) is 0 Å². The van der Waals surface area contributed by atoms with Crippen LogP contribution in [0.5, 0.6) is 11.5 Å². The van der Waals surface area contributed by atoms with Crippen LogP contribution in [0.3, 0.4) is 0 Å². The summed E-state index contributed by atoms with van der Waals surface area (Å²) in [5.41, 5.74) is 3.92. The highest BCUT2D eigenvalue weighted by Crippen LogP contribution is 2.62. The van der Waals surface area contributed by atoms with E-state index in [0.29, 0.717) is 36.3 Å². The Morgan fingerprint density at radius 3 is 2.44 bits per heavy atom. The van der Waals surface area contributed by atoms with E-state index in [2.05, 4.69) is 19.2 Å². The molecule has 0 spiro atoms. The predicted molar refractivity (Wildman–Crippen MR) is 216 cm³/mol. The molecule has 1 fully saturated rings. The van der Waals surface area contributed by atoms with Gasteiger partial charge in [-0.15, -0.1) is 13.2 Å². The third-order valence-electron chi connectivity index (χ3n) is 11.3. The fraction of sp³-hybridized carbons (Fsp3) is 0.435. The van der Waals surface area contributed by atoms with Crippen molar-refractivity contribution in [2.45, 2.75) is 82.3 Å². The lowest BCUT2D eigenvalue weighted by atomic mass is 9.55. The molecule has 11 heteroatoms. The summed E-state index contributed by atoms with van der Waals surface area (Å²) in [5, 5.41) is 35.5. The summed E-state index contributed by atoms with van der Waals surface area (Å²) in [4.78, 5) is 22.2. The molecule has 1 amide bonds. The molecule has 1 heterocycles. The van der Waals surface area contributed by atoms with Gasteiger partial charge in [0.2, 0.25) is 5.79 Å². The number of unbranched alkanes of at least 4 members (excludes halogenated alkanes) is 2. The van der Waals surface area contributed by atoms with Gasteiger partial charge < -0.3 is 34.4 Å². The van der Waals surface area contributed by atoms with Crippen molar-refractivity contribution in [2.75, 3.05) is 26.4 Å². The maximum Gasteiger partial charge on any atom is 0.410 e. The number of ether oxygens (including phenoxy) is 3. The van der Waals surface area contributed by atoms with Crippen molar-refractivity contribution < 1.29 is 43.6 Å². The number of halogens is 1. The molecule has 1 saturated carbocycles. The largest absolute Gasteiger partial charge is 0.508 e. The van der Waals surface area contributed by atoms with E-state index < -0.39 is 29.7 Å². The Balaban J connectivity index is 1.58. The van der Waals surface area contributed by atoms with Crippen molar-refractivity contribution in [2.24, 2.45) is 22.9 Å². The number of phenolic OH excluding ortho intramolecular Hbond substituents is 1. The van der Waals surface area contributed by atoms with Gasteiger partial charge in [-0.1, -0.05) is 78.7 Å². The van der Waals surface area contributed by atoms with Gasteiger partial charge in [0.1, 0.15) is 30.0 Å². The van der Waals surface area contributed by atoms with E-state index in [1.807, 2.05) is 30.3 Å². The number of hydrogen-bond donors (Lipinski definition) is 3. The van der Waals surface area contributed by atoms with Crippen LogP contribution < -0.4 is 4.74 Å². The number of amides is 1. The van der Waals surface area contributed by atoms with Gasteiger partial charge in [0.05, 0.1) is 24.8 Å². The number of aliphatic hydroxyl groups is 2. The van der Waals surface area contributed by atoms with Crippen LogP contribution in [0, 0.1) is 23.6 Å². The molecule has 3 aliphatic rings. The number of aliphatic hydroxyl groups excluding tert-OH is 2. The Morgan fingerprint density at radius 1 is 0.965 bits per heavy atom. The highest BCUT2D eigenvalue weighted by atomic mass is 19.1. The first kappa shape index (κ1) is 41.7. The molecule has 6 unspecified atom stereocenters. The number of benzene rings is 3. The summed E-state index contributed by atoms with van der Waals surface area (Å²) in [6.45, 7) is 8.35. The van der Waals surface area contributed by atoms with Crippen LogP contribution in [-0.4, -0.2) is 70.3 Å². The number of oxime groups is 1. The second kappa shape index (κ2) is 19.9. The van der Waals surface area contributed by atoms with Crippen LogP contribution in [0.15, 0.2) is 115 Å². The van der Waals surface area contributed by atoms with E-state index in [-0.39, 0.29) is 69.5 Å². The van der Waals surface area contributed by atoms with Crippen molar-refractivity contribution in [3.8, 4) is 11.5 Å². The number of rotatable bonds is 20. The van der Waals surface area contributed by atoms with Crippen LogP contribution in [0.4, 0.5) is 9.18 Å². The molecule has 2 aliphatic carbocycles. The number of carbonyl (C=O) groups excluding carboxylic acids is 1.